The van der Waals surface area contributed by atoms with Gasteiger partial charge in [0.05, 0.1) is 11.5 Å². The normalized spacial score (nSPS) is 10.9. The maximum absolute atomic E-state index is 10.6. The minimum atomic E-state index is -0.949. The topological polar surface area (TPSA) is 117 Å². The molecule has 0 radical (unpaired) electrons. The maximum atomic E-state index is 10.6. The molecule has 1 aromatic carbocycles. The first-order valence-corrected chi connectivity index (χ1v) is 5.95. The molecule has 0 saturated heterocycles. The number of carboxylic acids is 1. The van der Waals surface area contributed by atoms with Crippen molar-refractivity contribution in [3.05, 3.63) is 23.8 Å². The van der Waals surface area contributed by atoms with Crippen LogP contribution in [0.25, 0.3) is 0 Å². The molecule has 0 aliphatic carbocycles. The summed E-state index contributed by atoms with van der Waals surface area (Å²) in [7, 11) is 0. The van der Waals surface area contributed by atoms with Crippen LogP contribution in [0.5, 0.6) is 11.5 Å². The van der Waals surface area contributed by atoms with Gasteiger partial charge in [-0.05, 0) is 19.1 Å². The zero-order chi connectivity index (χ0) is 15.0. The molecule has 6 nitrogen and oxygen atoms in total. The number of phenolic OH excluding ortho intramolecular Hbond substituents is 1. The first-order chi connectivity index (χ1) is 8.91. The van der Waals surface area contributed by atoms with Crippen molar-refractivity contribution in [1.82, 2.24) is 0 Å². The Morgan fingerprint density at radius 2 is 2.05 bits per heavy atom. The predicted octanol–water partition coefficient (Wildman–Crippen LogP) is 1.80. The van der Waals surface area contributed by atoms with Crippen molar-refractivity contribution >= 4 is 11.8 Å². The molecule has 0 amide bonds. The molecule has 0 fully saturated rings. The lowest BCUT2D eigenvalue weighted by Gasteiger charge is -2.10. The van der Waals surface area contributed by atoms with Gasteiger partial charge >= 0.3 is 5.97 Å². The van der Waals surface area contributed by atoms with E-state index in [1.165, 1.54) is 25.1 Å². The third-order valence-electron chi connectivity index (χ3n) is 2.18. The molecule has 1 aromatic rings. The second-order valence-electron chi connectivity index (χ2n) is 3.64. The van der Waals surface area contributed by atoms with Crippen molar-refractivity contribution in [2.45, 2.75) is 20.8 Å². The van der Waals surface area contributed by atoms with E-state index in [2.05, 4.69) is 0 Å². The number of nitrogens with one attached hydrogen (secondary N) is 1. The van der Waals surface area contributed by atoms with E-state index in [0.717, 1.165) is 0 Å². The highest BCUT2D eigenvalue weighted by molar-refractivity contribution is 5.97. The van der Waals surface area contributed by atoms with E-state index >= 15 is 0 Å². The monoisotopic (exact) mass is 268 g/mol. The van der Waals surface area contributed by atoms with E-state index in [1.807, 2.05) is 13.8 Å². The van der Waals surface area contributed by atoms with Crippen LogP contribution >= 0.6 is 0 Å². The van der Waals surface area contributed by atoms with E-state index in [9.17, 15) is 9.90 Å². The van der Waals surface area contributed by atoms with Gasteiger partial charge in [0.15, 0.2) is 0 Å². The fourth-order valence-electron chi connectivity index (χ4n) is 1.12. The standard InChI is InChI=1S/C11H14N2O4.C2H6/c1-6(11(15)16)5-17-7-2-3-8(10(12)13)9(14)4-7;1-2/h2-4,6,14H,5H2,1H3,(H3,12,13)(H,15,16);1-2H3. The van der Waals surface area contributed by atoms with Gasteiger partial charge in [0.2, 0.25) is 0 Å². The van der Waals surface area contributed by atoms with Crippen molar-refractivity contribution in [2.75, 3.05) is 6.61 Å². The summed E-state index contributed by atoms with van der Waals surface area (Å²) in [5, 5.41) is 25.3. The molecule has 1 unspecified atom stereocenters. The molecular weight excluding hydrogens is 248 g/mol. The average molecular weight is 268 g/mol. The number of aliphatic carboxylic acids is 1. The number of carbonyl (C=O) groups is 1. The Morgan fingerprint density at radius 1 is 1.47 bits per heavy atom. The molecule has 0 spiro atoms. The molecule has 0 aliphatic heterocycles. The summed E-state index contributed by atoms with van der Waals surface area (Å²) < 4.78 is 5.19. The van der Waals surface area contributed by atoms with Gasteiger partial charge in [0.1, 0.15) is 23.9 Å². The van der Waals surface area contributed by atoms with Crippen LogP contribution in [0, 0.1) is 11.3 Å². The van der Waals surface area contributed by atoms with Crippen molar-refractivity contribution in [3.8, 4) is 11.5 Å². The number of rotatable bonds is 5. The van der Waals surface area contributed by atoms with Crippen LogP contribution in [0.15, 0.2) is 18.2 Å². The van der Waals surface area contributed by atoms with Crippen molar-refractivity contribution in [2.24, 2.45) is 11.7 Å². The zero-order valence-corrected chi connectivity index (χ0v) is 11.3. The average Bonchev–Trinajstić information content (AvgIpc) is 2.37. The Labute approximate surface area is 112 Å². The van der Waals surface area contributed by atoms with Crippen molar-refractivity contribution < 1.29 is 19.7 Å². The van der Waals surface area contributed by atoms with Crippen LogP contribution in [0.3, 0.4) is 0 Å². The number of hydrogen-bond acceptors (Lipinski definition) is 4. The second-order valence-corrected chi connectivity index (χ2v) is 3.64. The molecule has 0 saturated carbocycles. The van der Waals surface area contributed by atoms with Gasteiger partial charge in [-0.3, -0.25) is 10.2 Å². The Bertz CT molecular complexity index is 446. The Hall–Kier alpha value is -2.24. The Balaban J connectivity index is 0.00000154. The smallest absolute Gasteiger partial charge is 0.309 e. The number of phenols is 1. The highest BCUT2D eigenvalue weighted by atomic mass is 16.5. The molecule has 0 heterocycles. The molecule has 6 heteroatoms. The van der Waals surface area contributed by atoms with E-state index in [1.54, 1.807) is 0 Å². The fraction of sp³-hybridized carbons (Fsp3) is 0.385. The summed E-state index contributed by atoms with van der Waals surface area (Å²) in [6.07, 6.45) is 0. The third-order valence-corrected chi connectivity index (χ3v) is 2.18. The molecule has 1 rings (SSSR count). The lowest BCUT2D eigenvalue weighted by Crippen LogP contribution is -2.18. The molecule has 5 N–H and O–H groups in total. The van der Waals surface area contributed by atoms with Gasteiger partial charge in [-0.2, -0.15) is 0 Å². The summed E-state index contributed by atoms with van der Waals surface area (Å²) >= 11 is 0. The summed E-state index contributed by atoms with van der Waals surface area (Å²) in [4.78, 5) is 10.6. The van der Waals surface area contributed by atoms with Gasteiger partial charge in [0.25, 0.3) is 0 Å². The molecule has 0 aliphatic rings. The third kappa shape index (κ3) is 5.29. The van der Waals surface area contributed by atoms with E-state index in [4.69, 9.17) is 21.0 Å². The largest absolute Gasteiger partial charge is 0.507 e. The summed E-state index contributed by atoms with van der Waals surface area (Å²) in [6, 6.07) is 4.26. The highest BCUT2D eigenvalue weighted by Gasteiger charge is 2.12. The number of benzene rings is 1. The summed E-state index contributed by atoms with van der Waals surface area (Å²) in [6.45, 7) is 5.53. The SMILES string of the molecule is CC.CC(COc1ccc(C(=N)N)c(O)c1)C(=O)O. The van der Waals surface area contributed by atoms with E-state index in [-0.39, 0.29) is 23.8 Å². The number of ether oxygens (including phenoxy) is 1. The quantitative estimate of drug-likeness (QED) is 0.480. The minimum absolute atomic E-state index is 0.00813. The first-order valence-electron chi connectivity index (χ1n) is 5.95. The Morgan fingerprint density at radius 3 is 2.47 bits per heavy atom. The van der Waals surface area contributed by atoms with Crippen LogP contribution in [-0.4, -0.2) is 28.6 Å². The highest BCUT2D eigenvalue weighted by Crippen LogP contribution is 2.23. The number of nitrogens with two attached hydrogens (primary N) is 1. The first kappa shape index (κ1) is 16.8. The van der Waals surface area contributed by atoms with Gasteiger partial charge in [0, 0.05) is 6.07 Å². The van der Waals surface area contributed by atoms with Crippen LogP contribution < -0.4 is 10.5 Å². The van der Waals surface area contributed by atoms with Crippen molar-refractivity contribution in [1.29, 1.82) is 5.41 Å². The lowest BCUT2D eigenvalue weighted by molar-refractivity contribution is -0.142. The van der Waals surface area contributed by atoms with Gasteiger partial charge in [-0.15, -0.1) is 0 Å². The maximum Gasteiger partial charge on any atom is 0.309 e. The molecule has 1 atom stereocenters. The van der Waals surface area contributed by atoms with Crippen molar-refractivity contribution in [3.63, 3.8) is 0 Å². The zero-order valence-electron chi connectivity index (χ0n) is 11.3. The van der Waals surface area contributed by atoms with Crippen LogP contribution in [0.2, 0.25) is 0 Å². The number of carboxylic acid groups (broad SMARTS) is 1. The van der Waals surface area contributed by atoms with Crippen LogP contribution in [0.1, 0.15) is 26.3 Å². The van der Waals surface area contributed by atoms with Crippen LogP contribution in [-0.2, 0) is 4.79 Å². The van der Waals surface area contributed by atoms with Crippen LogP contribution in [0.4, 0.5) is 0 Å². The molecule has 19 heavy (non-hydrogen) atoms. The number of aromatic hydroxyl groups is 1. The predicted molar refractivity (Wildman–Crippen MR) is 72.8 cm³/mol. The molecule has 0 aromatic heterocycles. The van der Waals surface area contributed by atoms with Gasteiger partial charge < -0.3 is 20.7 Å². The molecule has 106 valence electrons. The fourth-order valence-corrected chi connectivity index (χ4v) is 1.12. The molecular formula is C13H20N2O4. The van der Waals surface area contributed by atoms with E-state index in [0.29, 0.717) is 5.75 Å². The summed E-state index contributed by atoms with van der Waals surface area (Å²) in [5.41, 5.74) is 5.44. The van der Waals surface area contributed by atoms with Gasteiger partial charge in [-0.1, -0.05) is 13.8 Å². The Kier molecular flexibility index (Phi) is 7.03. The second kappa shape index (κ2) is 7.97. The minimum Gasteiger partial charge on any atom is -0.507 e. The molecule has 0 bridgehead atoms. The van der Waals surface area contributed by atoms with Gasteiger partial charge in [-0.25, -0.2) is 0 Å². The lowest BCUT2D eigenvalue weighted by atomic mass is 10.1. The summed E-state index contributed by atoms with van der Waals surface area (Å²) in [5.74, 6) is -1.66. The van der Waals surface area contributed by atoms with E-state index < -0.39 is 11.9 Å². The number of nitrogen functional groups attached to an aromatic ring is 1. The number of hydrogen-bond donors (Lipinski definition) is 4. The number of amidine groups is 1.